The van der Waals surface area contributed by atoms with Gasteiger partial charge in [-0.1, -0.05) is 6.08 Å². The minimum absolute atomic E-state index is 0.0705. The van der Waals surface area contributed by atoms with Gasteiger partial charge in [0.2, 0.25) is 0 Å². The molecule has 0 aliphatic carbocycles. The van der Waals surface area contributed by atoms with Crippen molar-refractivity contribution < 1.29 is 53.0 Å². The summed E-state index contributed by atoms with van der Waals surface area (Å²) in [5.74, 6) is -13.3. The van der Waals surface area contributed by atoms with Crippen molar-refractivity contribution in [2.45, 2.75) is 36.0 Å². The van der Waals surface area contributed by atoms with Crippen LogP contribution in [-0.2, 0) is 4.74 Å². The summed E-state index contributed by atoms with van der Waals surface area (Å²) in [6.07, 6.45) is -16.0. The first-order valence-electron chi connectivity index (χ1n) is 5.17. The molecule has 128 valence electrons. The Bertz CT molecular complexity index is 456. The van der Waals surface area contributed by atoms with Gasteiger partial charge < -0.3 is 4.74 Å². The lowest BCUT2D eigenvalue weighted by molar-refractivity contribution is -0.431. The molecule has 0 fully saturated rings. The average Bonchev–Trinajstić information content (AvgIpc) is 2.35. The third-order valence-corrected chi connectivity index (χ3v) is 2.69. The Labute approximate surface area is 115 Å². The number of halogens is 11. The van der Waals surface area contributed by atoms with E-state index in [1.807, 2.05) is 0 Å². The Kier molecular flexibility index (Phi) is 4.23. The maximum Gasteiger partial charge on any atom is 0.438 e. The number of allylic oxidation sites excluding steroid dienone is 2. The molecule has 0 spiro atoms. The summed E-state index contributed by atoms with van der Waals surface area (Å²) < 4.78 is 144. The molecule has 22 heavy (non-hydrogen) atoms. The molecular weight excluding hydrogens is 345 g/mol. The summed E-state index contributed by atoms with van der Waals surface area (Å²) >= 11 is 0. The molecule has 0 saturated carbocycles. The lowest BCUT2D eigenvalue weighted by Gasteiger charge is -2.41. The van der Waals surface area contributed by atoms with E-state index >= 15 is 0 Å². The number of alkyl halides is 11. The van der Waals surface area contributed by atoms with Gasteiger partial charge in [-0.3, -0.25) is 0 Å². The van der Waals surface area contributed by atoms with Crippen molar-refractivity contribution in [3.63, 3.8) is 0 Å². The molecule has 1 rings (SSSR count). The van der Waals surface area contributed by atoms with Gasteiger partial charge in [-0.05, 0) is 12.2 Å². The first kappa shape index (κ1) is 18.6. The second kappa shape index (κ2) is 5.01. The second-order valence-corrected chi connectivity index (χ2v) is 4.12. The van der Waals surface area contributed by atoms with Crippen LogP contribution in [0.2, 0.25) is 0 Å². The largest absolute Gasteiger partial charge is 0.487 e. The highest BCUT2D eigenvalue weighted by atomic mass is 19.4. The summed E-state index contributed by atoms with van der Waals surface area (Å²) in [7, 11) is 0. The van der Waals surface area contributed by atoms with Gasteiger partial charge in [-0.25, -0.2) is 4.39 Å². The molecule has 0 aromatic heterocycles. The fraction of sp³-hybridized carbons (Fsp3) is 0.600. The average molecular weight is 350 g/mol. The minimum Gasteiger partial charge on any atom is -0.487 e. The smallest absolute Gasteiger partial charge is 0.438 e. The van der Waals surface area contributed by atoms with E-state index in [0.717, 1.165) is 6.08 Å². The Morgan fingerprint density at radius 1 is 0.682 bits per heavy atom. The van der Waals surface area contributed by atoms with E-state index in [1.165, 1.54) is 0 Å². The minimum atomic E-state index is -7.46. The zero-order chi connectivity index (χ0) is 17.6. The van der Waals surface area contributed by atoms with Crippen LogP contribution in [0, 0.1) is 0 Å². The highest BCUT2D eigenvalue weighted by Crippen LogP contribution is 2.60. The van der Waals surface area contributed by atoms with Crippen LogP contribution in [0.1, 0.15) is 0 Å². The Hall–Kier alpha value is -1.49. The predicted octanol–water partition coefficient (Wildman–Crippen LogP) is 4.56. The van der Waals surface area contributed by atoms with Crippen molar-refractivity contribution in [2.75, 3.05) is 0 Å². The molecular formula is C10H5F11O. The molecule has 1 atom stereocenters. The van der Waals surface area contributed by atoms with Gasteiger partial charge in [0.05, 0.1) is 6.26 Å². The topological polar surface area (TPSA) is 9.23 Å². The van der Waals surface area contributed by atoms with Crippen molar-refractivity contribution in [2.24, 2.45) is 0 Å². The number of hydrogen-bond donors (Lipinski definition) is 0. The summed E-state index contributed by atoms with van der Waals surface area (Å²) in [6.45, 7) is 0. The fourth-order valence-electron chi connectivity index (χ4n) is 1.52. The van der Waals surface area contributed by atoms with Gasteiger partial charge in [0, 0.05) is 0 Å². The Balaban J connectivity index is 3.46. The summed E-state index contributed by atoms with van der Waals surface area (Å²) in [4.78, 5) is 0. The maximum absolute atomic E-state index is 13.4. The molecule has 0 bridgehead atoms. The highest BCUT2D eigenvalue weighted by Gasteiger charge is 2.91. The summed E-state index contributed by atoms with van der Waals surface area (Å²) in [5.41, 5.74) is -7.46. The van der Waals surface area contributed by atoms with Crippen molar-refractivity contribution in [1.29, 1.82) is 0 Å². The summed E-state index contributed by atoms with van der Waals surface area (Å²) in [5, 5.41) is 0. The van der Waals surface area contributed by atoms with E-state index in [-0.39, 0.29) is 6.08 Å². The van der Waals surface area contributed by atoms with Crippen molar-refractivity contribution in [3.05, 3.63) is 24.5 Å². The quantitative estimate of drug-likeness (QED) is 0.678. The van der Waals surface area contributed by atoms with E-state index in [4.69, 9.17) is 0 Å². The zero-order valence-electron chi connectivity index (χ0n) is 9.95. The van der Waals surface area contributed by atoms with Gasteiger partial charge in [0.25, 0.3) is 0 Å². The van der Waals surface area contributed by atoms with E-state index in [0.29, 0.717) is 12.3 Å². The standard InChI is InChI=1S/C10H5F11O/c11-6(12,5-3-1-2-4-22-5)8(14,15)7(13,9(16,17)18)10(19,20)21/h1-5H. The second-order valence-electron chi connectivity index (χ2n) is 4.12. The monoisotopic (exact) mass is 350 g/mol. The number of hydrogen-bond acceptors (Lipinski definition) is 1. The van der Waals surface area contributed by atoms with Crippen LogP contribution in [0.15, 0.2) is 24.5 Å². The lowest BCUT2D eigenvalue weighted by atomic mass is 9.88. The van der Waals surface area contributed by atoms with Crippen molar-refractivity contribution in [3.8, 4) is 0 Å². The number of ether oxygens (including phenoxy) is 1. The highest BCUT2D eigenvalue weighted by molar-refractivity contribution is 5.18. The first-order chi connectivity index (χ1) is 9.61. The van der Waals surface area contributed by atoms with Crippen LogP contribution in [0.5, 0.6) is 0 Å². The molecule has 0 N–H and O–H groups in total. The Morgan fingerprint density at radius 3 is 1.45 bits per heavy atom. The summed E-state index contributed by atoms with van der Waals surface area (Å²) in [6, 6.07) is 0. The molecule has 1 aliphatic rings. The van der Waals surface area contributed by atoms with Gasteiger partial charge in [0.15, 0.2) is 6.10 Å². The maximum atomic E-state index is 13.4. The first-order valence-corrected chi connectivity index (χ1v) is 5.17. The van der Waals surface area contributed by atoms with Crippen molar-refractivity contribution in [1.82, 2.24) is 0 Å². The normalized spacial score (nSPS) is 21.0. The van der Waals surface area contributed by atoms with E-state index < -0.39 is 36.0 Å². The molecule has 0 aromatic carbocycles. The molecule has 1 nitrogen and oxygen atoms in total. The van der Waals surface area contributed by atoms with Crippen LogP contribution in [0.4, 0.5) is 48.3 Å². The van der Waals surface area contributed by atoms with E-state index in [9.17, 15) is 48.3 Å². The zero-order valence-corrected chi connectivity index (χ0v) is 9.95. The lowest BCUT2D eigenvalue weighted by Crippen LogP contribution is -2.72. The SMILES string of the molecule is FC(F)(F)C(F)(C(F)(F)F)C(F)(F)C(F)(F)C1C=CC=CO1. The number of rotatable bonds is 3. The molecule has 1 aliphatic heterocycles. The van der Waals surface area contributed by atoms with Crippen LogP contribution in [0.25, 0.3) is 0 Å². The van der Waals surface area contributed by atoms with Crippen LogP contribution in [0.3, 0.4) is 0 Å². The molecule has 0 aromatic rings. The van der Waals surface area contributed by atoms with Crippen LogP contribution >= 0.6 is 0 Å². The predicted molar refractivity (Wildman–Crippen MR) is 49.0 cm³/mol. The third-order valence-electron chi connectivity index (χ3n) is 2.69. The van der Waals surface area contributed by atoms with Gasteiger partial charge >= 0.3 is 29.9 Å². The van der Waals surface area contributed by atoms with Crippen LogP contribution < -0.4 is 0 Å². The molecule has 12 heteroatoms. The third kappa shape index (κ3) is 2.41. The van der Waals surface area contributed by atoms with E-state index in [1.54, 1.807) is 0 Å². The fourth-order valence-corrected chi connectivity index (χ4v) is 1.52. The van der Waals surface area contributed by atoms with Gasteiger partial charge in [-0.15, -0.1) is 0 Å². The molecule has 1 unspecified atom stereocenters. The van der Waals surface area contributed by atoms with Crippen molar-refractivity contribution >= 4 is 0 Å². The van der Waals surface area contributed by atoms with Gasteiger partial charge in [0.1, 0.15) is 0 Å². The van der Waals surface area contributed by atoms with E-state index in [2.05, 4.69) is 4.74 Å². The van der Waals surface area contributed by atoms with Crippen LogP contribution in [-0.4, -0.2) is 36.0 Å². The molecule has 0 radical (unpaired) electrons. The molecule has 0 saturated heterocycles. The molecule has 0 amide bonds. The molecule has 1 heterocycles. The Morgan fingerprint density at radius 2 is 1.14 bits per heavy atom. The van der Waals surface area contributed by atoms with Gasteiger partial charge in [-0.2, -0.15) is 43.9 Å².